The van der Waals surface area contributed by atoms with Gasteiger partial charge in [-0.05, 0) is 44.9 Å². The van der Waals surface area contributed by atoms with Crippen LogP contribution in [0, 0.1) is 3.70 Å². The molecule has 10 heavy (non-hydrogen) atoms. The van der Waals surface area contributed by atoms with Gasteiger partial charge < -0.3 is 0 Å². The van der Waals surface area contributed by atoms with Crippen LogP contribution in [0.3, 0.4) is 0 Å². The fourth-order valence-electron chi connectivity index (χ4n) is 0.717. The molecule has 0 aliphatic rings. The molecule has 56 valence electrons. The lowest BCUT2D eigenvalue weighted by atomic mass is 10.5. The van der Waals surface area contributed by atoms with Crippen LogP contribution < -0.4 is 0 Å². The second-order valence-electron chi connectivity index (χ2n) is 2.03. The highest BCUT2D eigenvalue weighted by atomic mass is 127. The van der Waals surface area contributed by atoms with Crippen LogP contribution in [0.15, 0.2) is 10.7 Å². The molecule has 0 N–H and O–H groups in total. The van der Waals surface area contributed by atoms with E-state index >= 15 is 0 Å². The first-order valence-electron chi connectivity index (χ1n) is 3.12. The molecular weight excluding hydrogens is 307 g/mol. The number of hydrogen-bond acceptors (Lipinski definition) is 1. The second kappa shape index (κ2) is 3.71. The molecule has 0 saturated carbocycles. The van der Waals surface area contributed by atoms with Crippen molar-refractivity contribution in [3.05, 3.63) is 14.4 Å². The molecule has 0 aliphatic carbocycles. The molecule has 2 nitrogen and oxygen atoms in total. The highest BCUT2D eigenvalue weighted by Gasteiger charge is 2.00. The Morgan fingerprint density at radius 2 is 2.50 bits per heavy atom. The first kappa shape index (κ1) is 8.52. The molecule has 0 spiro atoms. The average Bonchev–Trinajstić information content (AvgIpc) is 2.14. The van der Waals surface area contributed by atoms with Gasteiger partial charge in [0.1, 0.15) is 3.70 Å². The molecule has 0 radical (unpaired) electrons. The summed E-state index contributed by atoms with van der Waals surface area (Å²) < 4.78 is 4.07. The van der Waals surface area contributed by atoms with Crippen LogP contribution in [-0.2, 0) is 6.54 Å². The van der Waals surface area contributed by atoms with Gasteiger partial charge in [0.2, 0.25) is 0 Å². The van der Waals surface area contributed by atoms with Crippen molar-refractivity contribution in [1.82, 2.24) is 9.78 Å². The third-order valence-corrected chi connectivity index (χ3v) is 3.25. The zero-order valence-electron chi connectivity index (χ0n) is 5.64. The predicted molar refractivity (Wildman–Crippen MR) is 52.9 cm³/mol. The van der Waals surface area contributed by atoms with Crippen LogP contribution in [-0.4, -0.2) is 9.78 Å². The number of hydrogen-bond donors (Lipinski definition) is 0. The zero-order valence-corrected chi connectivity index (χ0v) is 9.39. The summed E-state index contributed by atoms with van der Waals surface area (Å²) in [7, 11) is 0. The van der Waals surface area contributed by atoms with Crippen molar-refractivity contribution in [2.75, 3.05) is 0 Å². The topological polar surface area (TPSA) is 17.8 Å². The highest BCUT2D eigenvalue weighted by Crippen LogP contribution is 2.16. The van der Waals surface area contributed by atoms with E-state index in [4.69, 9.17) is 0 Å². The van der Waals surface area contributed by atoms with Gasteiger partial charge in [-0.25, -0.2) is 0 Å². The van der Waals surface area contributed by atoms with Gasteiger partial charge in [0, 0.05) is 12.7 Å². The molecule has 0 fully saturated rings. The lowest BCUT2D eigenvalue weighted by Crippen LogP contribution is -1.96. The summed E-state index contributed by atoms with van der Waals surface area (Å²) in [6.45, 7) is 3.14. The maximum Gasteiger partial charge on any atom is 0.137 e. The van der Waals surface area contributed by atoms with E-state index in [0.29, 0.717) is 0 Å². The summed E-state index contributed by atoms with van der Waals surface area (Å²) >= 11 is 5.60. The number of aromatic nitrogens is 2. The Kier molecular flexibility index (Phi) is 3.16. The molecule has 0 aliphatic heterocycles. The van der Waals surface area contributed by atoms with Crippen LogP contribution in [0.4, 0.5) is 0 Å². The average molecular weight is 315 g/mol. The normalized spacial score (nSPS) is 10.3. The van der Waals surface area contributed by atoms with Crippen molar-refractivity contribution in [2.45, 2.75) is 19.9 Å². The summed E-state index contributed by atoms with van der Waals surface area (Å²) in [5.41, 5.74) is 0. The van der Waals surface area contributed by atoms with Gasteiger partial charge in [0.15, 0.2) is 0 Å². The first-order valence-corrected chi connectivity index (χ1v) is 4.99. The van der Waals surface area contributed by atoms with Crippen molar-refractivity contribution >= 4 is 38.5 Å². The molecule has 4 heteroatoms. The van der Waals surface area contributed by atoms with E-state index in [-0.39, 0.29) is 0 Å². The molecule has 1 aromatic heterocycles. The van der Waals surface area contributed by atoms with Gasteiger partial charge in [0.25, 0.3) is 0 Å². The summed E-state index contributed by atoms with van der Waals surface area (Å²) in [5.74, 6) is 0. The van der Waals surface area contributed by atoms with Gasteiger partial charge in [-0.1, -0.05) is 6.92 Å². The summed E-state index contributed by atoms with van der Waals surface area (Å²) in [5, 5.41) is 4.26. The maximum absolute atomic E-state index is 4.26. The minimum Gasteiger partial charge on any atom is -0.271 e. The van der Waals surface area contributed by atoms with Gasteiger partial charge >= 0.3 is 0 Å². The Hall–Kier alpha value is 0.420. The largest absolute Gasteiger partial charge is 0.271 e. The van der Waals surface area contributed by atoms with Crippen molar-refractivity contribution < 1.29 is 0 Å². The first-order chi connectivity index (χ1) is 4.74. The molecule has 1 rings (SSSR count). The number of halogens is 2. The minimum atomic E-state index is 1.00. The van der Waals surface area contributed by atoms with Crippen molar-refractivity contribution in [1.29, 1.82) is 0 Å². The second-order valence-corrected chi connectivity index (χ2v) is 3.91. The van der Waals surface area contributed by atoms with Crippen LogP contribution in [0.1, 0.15) is 13.3 Å². The maximum atomic E-state index is 4.26. The molecule has 0 bridgehead atoms. The lowest BCUT2D eigenvalue weighted by Gasteiger charge is -1.93. The predicted octanol–water partition coefficient (Wildman–Crippen LogP) is 2.66. The standard InChI is InChI=1S/C6H8BrIN2/c1-2-3-10-4-5(7)6(8)9-10/h4H,2-3H2,1H3. The molecule has 0 saturated heterocycles. The van der Waals surface area contributed by atoms with Crippen molar-refractivity contribution in [2.24, 2.45) is 0 Å². The monoisotopic (exact) mass is 314 g/mol. The van der Waals surface area contributed by atoms with Crippen molar-refractivity contribution in [3.63, 3.8) is 0 Å². The molecule has 1 heterocycles. The van der Waals surface area contributed by atoms with E-state index < -0.39 is 0 Å². The van der Waals surface area contributed by atoms with Gasteiger partial charge in [-0.15, -0.1) is 0 Å². The Morgan fingerprint density at radius 3 is 2.90 bits per heavy atom. The fraction of sp³-hybridized carbons (Fsp3) is 0.500. The van der Waals surface area contributed by atoms with E-state index in [9.17, 15) is 0 Å². The Bertz CT molecular complexity index is 202. The molecular formula is C6H8BrIN2. The summed E-state index contributed by atoms with van der Waals surface area (Å²) in [4.78, 5) is 0. The van der Waals surface area contributed by atoms with E-state index in [0.717, 1.165) is 21.1 Å². The molecule has 0 amide bonds. The lowest BCUT2D eigenvalue weighted by molar-refractivity contribution is 0.599. The van der Waals surface area contributed by atoms with Gasteiger partial charge in [-0.2, -0.15) is 5.10 Å². The van der Waals surface area contributed by atoms with E-state index in [2.05, 4.69) is 50.5 Å². The summed E-state index contributed by atoms with van der Waals surface area (Å²) in [6.07, 6.45) is 3.13. The van der Waals surface area contributed by atoms with Crippen LogP contribution in [0.5, 0.6) is 0 Å². The quantitative estimate of drug-likeness (QED) is 0.767. The Morgan fingerprint density at radius 1 is 1.80 bits per heavy atom. The smallest absolute Gasteiger partial charge is 0.137 e. The number of nitrogens with zero attached hydrogens (tertiary/aromatic N) is 2. The Balaban J connectivity index is 2.77. The molecule has 1 aromatic rings. The number of rotatable bonds is 2. The minimum absolute atomic E-state index is 1.00. The van der Waals surface area contributed by atoms with E-state index in [1.165, 1.54) is 0 Å². The SMILES string of the molecule is CCCn1cc(Br)c(I)n1. The van der Waals surface area contributed by atoms with E-state index in [1.807, 2.05) is 10.9 Å². The zero-order chi connectivity index (χ0) is 7.56. The highest BCUT2D eigenvalue weighted by molar-refractivity contribution is 14.1. The molecule has 0 atom stereocenters. The molecule has 0 unspecified atom stereocenters. The van der Waals surface area contributed by atoms with Crippen molar-refractivity contribution in [3.8, 4) is 0 Å². The summed E-state index contributed by atoms with van der Waals surface area (Å²) in [6, 6.07) is 0. The van der Waals surface area contributed by atoms with Gasteiger partial charge in [0.05, 0.1) is 4.47 Å². The number of aryl methyl sites for hydroxylation is 1. The van der Waals surface area contributed by atoms with Gasteiger partial charge in [-0.3, -0.25) is 4.68 Å². The van der Waals surface area contributed by atoms with Crippen LogP contribution in [0.2, 0.25) is 0 Å². The Labute approximate surface area is 82.3 Å². The third kappa shape index (κ3) is 1.95. The fourth-order valence-corrected chi connectivity index (χ4v) is 1.45. The van der Waals surface area contributed by atoms with Crippen LogP contribution in [0.25, 0.3) is 0 Å². The van der Waals surface area contributed by atoms with Crippen LogP contribution >= 0.6 is 38.5 Å². The molecule has 0 aromatic carbocycles. The third-order valence-electron chi connectivity index (χ3n) is 1.13. The van der Waals surface area contributed by atoms with E-state index in [1.54, 1.807) is 0 Å².